The Hall–Kier alpha value is -4.19. The second kappa shape index (κ2) is 7.67. The van der Waals surface area contributed by atoms with E-state index in [0.717, 1.165) is 22.8 Å². The molecule has 0 aliphatic rings. The molecule has 0 spiro atoms. The van der Waals surface area contributed by atoms with E-state index in [1.807, 2.05) is 91.0 Å². The van der Waals surface area contributed by atoms with Gasteiger partial charge < -0.3 is 10.2 Å². The molecule has 148 valence electrons. The van der Waals surface area contributed by atoms with E-state index >= 15 is 0 Å². The Balaban J connectivity index is 2.20. The van der Waals surface area contributed by atoms with Crippen LogP contribution in [0.1, 0.15) is 37.7 Å². The molecule has 4 aromatic rings. The molecule has 0 bridgehead atoms. The lowest BCUT2D eigenvalue weighted by molar-refractivity contribution is 0.0671. The van der Waals surface area contributed by atoms with Crippen molar-refractivity contribution in [3.63, 3.8) is 0 Å². The number of hydrogen-bond acceptors (Lipinski definition) is 3. The van der Waals surface area contributed by atoms with E-state index in [1.54, 1.807) is 0 Å². The van der Waals surface area contributed by atoms with Crippen LogP contribution in [-0.2, 0) is 5.54 Å². The Morgan fingerprint density at radius 3 is 1.40 bits per heavy atom. The average molecular weight is 398 g/mol. The van der Waals surface area contributed by atoms with Crippen LogP contribution < -0.4 is 0 Å². The Labute approximate surface area is 172 Å². The lowest BCUT2D eigenvalue weighted by atomic mass is 9.77. The van der Waals surface area contributed by atoms with Gasteiger partial charge in [-0.15, -0.1) is 0 Å². The highest BCUT2D eigenvalue weighted by molar-refractivity contribution is 5.92. The van der Waals surface area contributed by atoms with Gasteiger partial charge in [-0.2, -0.15) is 5.10 Å². The molecule has 2 N–H and O–H groups in total. The van der Waals surface area contributed by atoms with Crippen molar-refractivity contribution >= 4 is 11.9 Å². The van der Waals surface area contributed by atoms with Gasteiger partial charge in [-0.25, -0.2) is 14.3 Å². The summed E-state index contributed by atoms with van der Waals surface area (Å²) in [5.41, 5.74) is 0.522. The maximum atomic E-state index is 12.1. The van der Waals surface area contributed by atoms with E-state index in [9.17, 15) is 19.8 Å². The van der Waals surface area contributed by atoms with Gasteiger partial charge in [0.25, 0.3) is 0 Å². The zero-order valence-corrected chi connectivity index (χ0v) is 15.8. The molecule has 0 aliphatic heterocycles. The number of carboxylic acids is 2. The summed E-state index contributed by atoms with van der Waals surface area (Å²) < 4.78 is 1.30. The molecular weight excluding hydrogens is 380 g/mol. The van der Waals surface area contributed by atoms with Crippen molar-refractivity contribution in [2.75, 3.05) is 0 Å². The second-order valence-electron chi connectivity index (χ2n) is 6.75. The van der Waals surface area contributed by atoms with E-state index < -0.39 is 17.5 Å². The van der Waals surface area contributed by atoms with Crippen LogP contribution >= 0.6 is 0 Å². The molecular formula is C24H18N2O4. The third-order valence-corrected chi connectivity index (χ3v) is 5.04. The van der Waals surface area contributed by atoms with Crippen LogP contribution in [0.4, 0.5) is 0 Å². The van der Waals surface area contributed by atoms with Crippen molar-refractivity contribution in [1.82, 2.24) is 9.78 Å². The van der Waals surface area contributed by atoms with E-state index in [0.29, 0.717) is 0 Å². The standard InChI is InChI=1S/C24H18N2O4/c27-22(28)20-16-21(23(29)30)26(25-20)24(17-10-4-1-5-11-17,18-12-6-2-7-13-18)19-14-8-3-9-15-19/h1-16H,(H,27,28)(H,29,30). The molecule has 1 heterocycles. The van der Waals surface area contributed by atoms with Gasteiger partial charge in [0.2, 0.25) is 0 Å². The summed E-state index contributed by atoms with van der Waals surface area (Å²) >= 11 is 0. The summed E-state index contributed by atoms with van der Waals surface area (Å²) in [6.45, 7) is 0. The number of aromatic carboxylic acids is 2. The molecule has 6 heteroatoms. The van der Waals surface area contributed by atoms with E-state index in [2.05, 4.69) is 5.10 Å². The number of carbonyl (C=O) groups is 2. The highest BCUT2D eigenvalue weighted by Gasteiger charge is 2.42. The lowest BCUT2D eigenvalue weighted by Crippen LogP contribution is -2.40. The van der Waals surface area contributed by atoms with Crippen LogP contribution in [-0.4, -0.2) is 31.9 Å². The summed E-state index contributed by atoms with van der Waals surface area (Å²) in [4.78, 5) is 23.8. The summed E-state index contributed by atoms with van der Waals surface area (Å²) in [6.07, 6.45) is 0. The van der Waals surface area contributed by atoms with Crippen molar-refractivity contribution in [2.45, 2.75) is 5.54 Å². The maximum absolute atomic E-state index is 12.1. The Bertz CT molecular complexity index is 1090. The van der Waals surface area contributed by atoms with Crippen LogP contribution in [0, 0.1) is 0 Å². The normalized spacial score (nSPS) is 11.2. The van der Waals surface area contributed by atoms with Crippen LogP contribution in [0.25, 0.3) is 0 Å². The molecule has 0 atom stereocenters. The third kappa shape index (κ3) is 3.04. The van der Waals surface area contributed by atoms with Gasteiger partial charge in [-0.05, 0) is 16.7 Å². The predicted octanol–water partition coefficient (Wildman–Crippen LogP) is 4.12. The highest BCUT2D eigenvalue weighted by Crippen LogP contribution is 2.41. The van der Waals surface area contributed by atoms with Gasteiger partial charge in [0.15, 0.2) is 5.69 Å². The van der Waals surface area contributed by atoms with E-state index in [4.69, 9.17) is 0 Å². The molecule has 0 unspecified atom stereocenters. The summed E-state index contributed by atoms with van der Waals surface area (Å²) in [6, 6.07) is 29.1. The predicted molar refractivity (Wildman–Crippen MR) is 111 cm³/mol. The fourth-order valence-electron chi connectivity index (χ4n) is 3.80. The topological polar surface area (TPSA) is 92.4 Å². The first-order valence-corrected chi connectivity index (χ1v) is 9.29. The number of rotatable bonds is 6. The van der Waals surface area contributed by atoms with Crippen molar-refractivity contribution < 1.29 is 19.8 Å². The first-order chi connectivity index (χ1) is 14.5. The molecule has 30 heavy (non-hydrogen) atoms. The van der Waals surface area contributed by atoms with Gasteiger partial charge in [-0.1, -0.05) is 91.0 Å². The summed E-state index contributed by atoms with van der Waals surface area (Å²) in [5, 5.41) is 23.7. The largest absolute Gasteiger partial charge is 0.477 e. The zero-order valence-electron chi connectivity index (χ0n) is 15.8. The maximum Gasteiger partial charge on any atom is 0.356 e. The van der Waals surface area contributed by atoms with Crippen LogP contribution in [0.3, 0.4) is 0 Å². The van der Waals surface area contributed by atoms with Crippen molar-refractivity contribution in [3.05, 3.63) is 125 Å². The van der Waals surface area contributed by atoms with Crippen LogP contribution in [0.5, 0.6) is 0 Å². The molecule has 0 saturated carbocycles. The molecule has 3 aromatic carbocycles. The highest BCUT2D eigenvalue weighted by atomic mass is 16.4. The fourth-order valence-corrected chi connectivity index (χ4v) is 3.80. The second-order valence-corrected chi connectivity index (χ2v) is 6.75. The lowest BCUT2D eigenvalue weighted by Gasteiger charge is -2.37. The molecule has 0 saturated heterocycles. The van der Waals surface area contributed by atoms with Gasteiger partial charge in [0.05, 0.1) is 0 Å². The van der Waals surface area contributed by atoms with Gasteiger partial charge in [0, 0.05) is 6.07 Å². The molecule has 0 radical (unpaired) electrons. The molecule has 6 nitrogen and oxygen atoms in total. The monoisotopic (exact) mass is 398 g/mol. The Morgan fingerprint density at radius 2 is 1.07 bits per heavy atom. The molecule has 4 rings (SSSR count). The molecule has 0 aliphatic carbocycles. The minimum absolute atomic E-state index is 0.219. The number of hydrogen-bond donors (Lipinski definition) is 2. The smallest absolute Gasteiger partial charge is 0.356 e. The molecule has 1 aromatic heterocycles. The minimum atomic E-state index is -1.29. The number of carboxylic acid groups (broad SMARTS) is 2. The van der Waals surface area contributed by atoms with Gasteiger partial charge in [-0.3, -0.25) is 0 Å². The molecule has 0 amide bonds. The summed E-state index contributed by atoms with van der Waals surface area (Å²) in [7, 11) is 0. The SMILES string of the molecule is O=C(O)c1cc(C(=O)O)n(C(c2ccccc2)(c2ccccc2)c2ccccc2)n1. The van der Waals surface area contributed by atoms with Crippen molar-refractivity contribution in [1.29, 1.82) is 0 Å². The van der Waals surface area contributed by atoms with E-state index in [-0.39, 0.29) is 11.4 Å². The van der Waals surface area contributed by atoms with Gasteiger partial charge >= 0.3 is 11.9 Å². The number of benzene rings is 3. The Morgan fingerprint density at radius 1 is 0.667 bits per heavy atom. The number of aromatic nitrogens is 2. The third-order valence-electron chi connectivity index (χ3n) is 5.04. The molecule has 0 fully saturated rings. The van der Waals surface area contributed by atoms with Crippen LogP contribution in [0.15, 0.2) is 97.1 Å². The average Bonchev–Trinajstić information content (AvgIpc) is 3.23. The fraction of sp³-hybridized carbons (Fsp3) is 0.0417. The first kappa shape index (κ1) is 19.1. The Kier molecular flexibility index (Phi) is 4.90. The summed E-state index contributed by atoms with van der Waals surface area (Å²) in [5.74, 6) is -2.55. The van der Waals surface area contributed by atoms with Gasteiger partial charge in [0.1, 0.15) is 11.2 Å². The first-order valence-electron chi connectivity index (χ1n) is 9.29. The minimum Gasteiger partial charge on any atom is -0.477 e. The van der Waals surface area contributed by atoms with Crippen LogP contribution in [0.2, 0.25) is 0 Å². The van der Waals surface area contributed by atoms with E-state index in [1.165, 1.54) is 4.68 Å². The quantitative estimate of drug-likeness (QED) is 0.477. The van der Waals surface area contributed by atoms with Crippen molar-refractivity contribution in [2.24, 2.45) is 0 Å². The zero-order chi connectivity index (χ0) is 21.1. The number of nitrogens with zero attached hydrogens (tertiary/aromatic N) is 2. The van der Waals surface area contributed by atoms with Crippen molar-refractivity contribution in [3.8, 4) is 0 Å².